The number of rotatable bonds is 3. The van der Waals surface area contributed by atoms with E-state index in [1.807, 2.05) is 4.90 Å². The number of likely N-dealkylation sites (tertiary alicyclic amines) is 1. The monoisotopic (exact) mass is 249 g/mol. The van der Waals surface area contributed by atoms with E-state index in [-0.39, 0.29) is 11.7 Å². The maximum Gasteiger partial charge on any atom is 0.257 e. The van der Waals surface area contributed by atoms with Crippen LogP contribution in [0.4, 0.5) is 0 Å². The second kappa shape index (κ2) is 5.29. The van der Waals surface area contributed by atoms with Gasteiger partial charge in [-0.05, 0) is 24.5 Å². The van der Waals surface area contributed by atoms with Crippen LogP contribution in [0.3, 0.4) is 0 Å². The smallest absolute Gasteiger partial charge is 0.257 e. The molecule has 0 aromatic heterocycles. The number of amides is 1. The molecule has 0 spiro atoms. The molecule has 1 aromatic carbocycles. The minimum atomic E-state index is -0.0916. The van der Waals surface area contributed by atoms with E-state index in [1.54, 1.807) is 12.1 Å². The summed E-state index contributed by atoms with van der Waals surface area (Å²) >= 11 is 0. The van der Waals surface area contributed by atoms with Crippen molar-refractivity contribution in [1.29, 1.82) is 0 Å². The molecule has 1 aliphatic rings. The van der Waals surface area contributed by atoms with E-state index in [4.69, 9.17) is 4.74 Å². The summed E-state index contributed by atoms with van der Waals surface area (Å²) in [5.74, 6) is 1.04. The number of ether oxygens (including phenoxy) is 1. The number of nitrogens with zero attached hydrogens (tertiary/aromatic N) is 1. The van der Waals surface area contributed by atoms with Crippen LogP contribution >= 0.6 is 0 Å². The Morgan fingerprint density at radius 1 is 1.56 bits per heavy atom. The third-order valence-corrected chi connectivity index (χ3v) is 3.59. The first-order chi connectivity index (χ1) is 8.65. The number of benzene rings is 1. The van der Waals surface area contributed by atoms with Crippen LogP contribution in [-0.4, -0.2) is 36.1 Å². The Bertz CT molecular complexity index is 445. The molecular formula is C14H19NO3. The van der Waals surface area contributed by atoms with Crippen LogP contribution in [0.25, 0.3) is 0 Å². The molecule has 1 unspecified atom stereocenters. The molecular weight excluding hydrogens is 230 g/mol. The van der Waals surface area contributed by atoms with Crippen molar-refractivity contribution in [3.8, 4) is 11.5 Å². The first kappa shape index (κ1) is 12.7. The van der Waals surface area contributed by atoms with E-state index >= 15 is 0 Å². The molecule has 4 heteroatoms. The highest BCUT2D eigenvalue weighted by atomic mass is 16.5. The Morgan fingerprint density at radius 2 is 2.33 bits per heavy atom. The average Bonchev–Trinajstić information content (AvgIpc) is 2.86. The summed E-state index contributed by atoms with van der Waals surface area (Å²) in [6, 6.07) is 4.79. The van der Waals surface area contributed by atoms with E-state index in [0.29, 0.717) is 17.2 Å². The highest BCUT2D eigenvalue weighted by Crippen LogP contribution is 2.27. The lowest BCUT2D eigenvalue weighted by molar-refractivity contribution is 0.0784. The number of phenolic OH excluding ortho intramolecular Hbond substituents is 1. The van der Waals surface area contributed by atoms with Crippen LogP contribution < -0.4 is 4.74 Å². The summed E-state index contributed by atoms with van der Waals surface area (Å²) in [5.41, 5.74) is 0.354. The Kier molecular flexibility index (Phi) is 3.75. The molecule has 1 N–H and O–H groups in total. The number of methoxy groups -OCH3 is 1. The van der Waals surface area contributed by atoms with Gasteiger partial charge in [0.2, 0.25) is 0 Å². The van der Waals surface area contributed by atoms with Gasteiger partial charge in [0.15, 0.2) is 0 Å². The average molecular weight is 249 g/mol. The Labute approximate surface area is 107 Å². The third-order valence-electron chi connectivity index (χ3n) is 3.59. The second-order valence-electron chi connectivity index (χ2n) is 4.70. The maximum atomic E-state index is 12.3. The number of carbonyl (C=O) groups excluding carboxylic acids is 1. The molecule has 1 atom stereocenters. The van der Waals surface area contributed by atoms with Gasteiger partial charge in [-0.1, -0.05) is 13.3 Å². The molecule has 0 radical (unpaired) electrons. The number of hydrogen-bond donors (Lipinski definition) is 1. The fourth-order valence-corrected chi connectivity index (χ4v) is 2.34. The minimum Gasteiger partial charge on any atom is -0.507 e. The van der Waals surface area contributed by atoms with E-state index in [0.717, 1.165) is 25.9 Å². The van der Waals surface area contributed by atoms with Crippen molar-refractivity contribution < 1.29 is 14.6 Å². The SMILES string of the molecule is CCC1CCN(C(=O)c2ccc(OC)cc2O)C1. The van der Waals surface area contributed by atoms with E-state index in [2.05, 4.69) is 6.92 Å². The standard InChI is InChI=1S/C14H19NO3/c1-3-10-6-7-15(9-10)14(17)12-5-4-11(18-2)8-13(12)16/h4-5,8,10,16H,3,6-7,9H2,1-2H3. The summed E-state index contributed by atoms with van der Waals surface area (Å²) in [4.78, 5) is 14.1. The van der Waals surface area contributed by atoms with Crippen molar-refractivity contribution in [2.75, 3.05) is 20.2 Å². The quantitative estimate of drug-likeness (QED) is 0.894. The van der Waals surface area contributed by atoms with Gasteiger partial charge < -0.3 is 14.7 Å². The van der Waals surface area contributed by atoms with E-state index in [9.17, 15) is 9.90 Å². The number of carbonyl (C=O) groups is 1. The molecule has 1 amide bonds. The van der Waals surface area contributed by atoms with Crippen LogP contribution in [-0.2, 0) is 0 Å². The number of phenols is 1. The van der Waals surface area contributed by atoms with Crippen molar-refractivity contribution in [2.24, 2.45) is 5.92 Å². The van der Waals surface area contributed by atoms with Crippen LogP contribution in [0.2, 0.25) is 0 Å². The molecule has 1 aliphatic heterocycles. The fourth-order valence-electron chi connectivity index (χ4n) is 2.34. The zero-order valence-electron chi connectivity index (χ0n) is 10.8. The summed E-state index contributed by atoms with van der Waals surface area (Å²) in [7, 11) is 1.53. The van der Waals surface area contributed by atoms with Gasteiger partial charge in [0, 0.05) is 19.2 Å². The lowest BCUT2D eigenvalue weighted by atomic mass is 10.1. The van der Waals surface area contributed by atoms with Crippen molar-refractivity contribution in [3.63, 3.8) is 0 Å². The molecule has 4 nitrogen and oxygen atoms in total. The minimum absolute atomic E-state index is 0.0145. The predicted octanol–water partition coefficient (Wildman–Crippen LogP) is 2.27. The molecule has 0 aliphatic carbocycles. The van der Waals surface area contributed by atoms with Crippen molar-refractivity contribution in [2.45, 2.75) is 19.8 Å². The second-order valence-corrected chi connectivity index (χ2v) is 4.70. The Balaban J connectivity index is 2.14. The molecule has 2 rings (SSSR count). The van der Waals surface area contributed by atoms with Crippen LogP contribution in [0, 0.1) is 5.92 Å². The summed E-state index contributed by atoms with van der Waals surface area (Å²) in [5, 5.41) is 9.85. The third kappa shape index (κ3) is 2.42. The predicted molar refractivity (Wildman–Crippen MR) is 69.0 cm³/mol. The molecule has 1 fully saturated rings. The van der Waals surface area contributed by atoms with E-state index in [1.165, 1.54) is 13.2 Å². The Morgan fingerprint density at radius 3 is 2.89 bits per heavy atom. The molecule has 18 heavy (non-hydrogen) atoms. The number of aromatic hydroxyl groups is 1. The van der Waals surface area contributed by atoms with Gasteiger partial charge in [0.25, 0.3) is 5.91 Å². The van der Waals surface area contributed by atoms with Gasteiger partial charge in [0.1, 0.15) is 11.5 Å². The Hall–Kier alpha value is -1.71. The normalized spacial score (nSPS) is 19.0. The molecule has 98 valence electrons. The van der Waals surface area contributed by atoms with Crippen LogP contribution in [0.15, 0.2) is 18.2 Å². The van der Waals surface area contributed by atoms with Gasteiger partial charge in [-0.3, -0.25) is 4.79 Å². The van der Waals surface area contributed by atoms with Crippen molar-refractivity contribution in [1.82, 2.24) is 4.90 Å². The summed E-state index contributed by atoms with van der Waals surface area (Å²) < 4.78 is 5.00. The lowest BCUT2D eigenvalue weighted by Crippen LogP contribution is -2.28. The molecule has 0 bridgehead atoms. The largest absolute Gasteiger partial charge is 0.507 e. The van der Waals surface area contributed by atoms with Crippen molar-refractivity contribution >= 4 is 5.91 Å². The van der Waals surface area contributed by atoms with E-state index < -0.39 is 0 Å². The topological polar surface area (TPSA) is 49.8 Å². The summed E-state index contributed by atoms with van der Waals surface area (Å²) in [6.45, 7) is 3.72. The van der Waals surface area contributed by atoms with Gasteiger partial charge in [-0.15, -0.1) is 0 Å². The number of hydrogen-bond acceptors (Lipinski definition) is 3. The van der Waals surface area contributed by atoms with Gasteiger partial charge in [-0.2, -0.15) is 0 Å². The zero-order chi connectivity index (χ0) is 13.1. The molecule has 1 aromatic rings. The molecule has 1 saturated heterocycles. The highest BCUT2D eigenvalue weighted by Gasteiger charge is 2.27. The first-order valence-corrected chi connectivity index (χ1v) is 6.32. The van der Waals surface area contributed by atoms with Gasteiger partial charge in [-0.25, -0.2) is 0 Å². The first-order valence-electron chi connectivity index (χ1n) is 6.32. The highest BCUT2D eigenvalue weighted by molar-refractivity contribution is 5.97. The molecule has 0 saturated carbocycles. The van der Waals surface area contributed by atoms with Crippen LogP contribution in [0.1, 0.15) is 30.1 Å². The fraction of sp³-hybridized carbons (Fsp3) is 0.500. The maximum absolute atomic E-state index is 12.3. The lowest BCUT2D eigenvalue weighted by Gasteiger charge is -2.17. The van der Waals surface area contributed by atoms with Gasteiger partial charge >= 0.3 is 0 Å². The zero-order valence-corrected chi connectivity index (χ0v) is 10.8. The molecule has 1 heterocycles. The van der Waals surface area contributed by atoms with Gasteiger partial charge in [0.05, 0.1) is 12.7 Å². The van der Waals surface area contributed by atoms with Crippen molar-refractivity contribution in [3.05, 3.63) is 23.8 Å². The summed E-state index contributed by atoms with van der Waals surface area (Å²) in [6.07, 6.45) is 2.15. The van der Waals surface area contributed by atoms with Crippen LogP contribution in [0.5, 0.6) is 11.5 Å².